The second kappa shape index (κ2) is 3.90. The lowest BCUT2D eigenvalue weighted by molar-refractivity contribution is 0.0467. The third kappa shape index (κ3) is 1.70. The number of rotatable bonds is 2. The standard InChI is InChI=1S/C14H16F2N4/c15-14(16)8-13(14)3-1-10(2-4-13)19-12-11-7-17-9-20(11)6-5-18-12/h5-7,9-10H,1-4,8H2,(H,18,19). The molecule has 0 bridgehead atoms. The van der Waals surface area contributed by atoms with Crippen molar-refractivity contribution in [1.29, 1.82) is 0 Å². The summed E-state index contributed by atoms with van der Waals surface area (Å²) in [4.78, 5) is 8.42. The summed E-state index contributed by atoms with van der Waals surface area (Å²) in [6.45, 7) is 0. The summed E-state index contributed by atoms with van der Waals surface area (Å²) in [5.74, 6) is -1.63. The maximum Gasteiger partial charge on any atom is 0.254 e. The zero-order chi connectivity index (χ0) is 13.8. The van der Waals surface area contributed by atoms with Crippen molar-refractivity contribution in [2.75, 3.05) is 5.32 Å². The summed E-state index contributed by atoms with van der Waals surface area (Å²) in [6.07, 6.45) is 9.92. The zero-order valence-electron chi connectivity index (χ0n) is 11.0. The molecule has 0 aliphatic heterocycles. The second-order valence-electron chi connectivity index (χ2n) is 6.04. The van der Waals surface area contributed by atoms with Gasteiger partial charge in [0.15, 0.2) is 5.82 Å². The molecule has 1 N–H and O–H groups in total. The van der Waals surface area contributed by atoms with E-state index >= 15 is 0 Å². The Morgan fingerprint density at radius 2 is 2.05 bits per heavy atom. The highest BCUT2D eigenvalue weighted by molar-refractivity contribution is 5.66. The molecule has 2 fully saturated rings. The molecule has 4 rings (SSSR count). The summed E-state index contributed by atoms with van der Waals surface area (Å²) in [5, 5.41) is 3.39. The van der Waals surface area contributed by atoms with E-state index in [4.69, 9.17) is 0 Å². The molecule has 2 heterocycles. The van der Waals surface area contributed by atoms with E-state index in [1.54, 1.807) is 18.7 Å². The third-order valence-electron chi connectivity index (χ3n) is 4.83. The Hall–Kier alpha value is -1.72. The molecule has 6 heteroatoms. The summed E-state index contributed by atoms with van der Waals surface area (Å²) in [6, 6.07) is 0.227. The van der Waals surface area contributed by atoms with Crippen LogP contribution in [0.15, 0.2) is 24.9 Å². The number of hydrogen-bond acceptors (Lipinski definition) is 3. The molecule has 0 atom stereocenters. The molecule has 0 radical (unpaired) electrons. The predicted octanol–water partition coefficient (Wildman–Crippen LogP) is 3.11. The minimum atomic E-state index is -2.41. The van der Waals surface area contributed by atoms with Gasteiger partial charge >= 0.3 is 0 Å². The Morgan fingerprint density at radius 1 is 1.30 bits per heavy atom. The van der Waals surface area contributed by atoms with Crippen LogP contribution in [-0.4, -0.2) is 26.3 Å². The number of halogens is 2. The fraction of sp³-hybridized carbons (Fsp3) is 0.571. The van der Waals surface area contributed by atoms with Gasteiger partial charge in [-0.25, -0.2) is 18.7 Å². The smallest absolute Gasteiger partial charge is 0.254 e. The van der Waals surface area contributed by atoms with E-state index in [9.17, 15) is 8.78 Å². The molecule has 2 aliphatic carbocycles. The number of fused-ring (bicyclic) bond motifs is 1. The van der Waals surface area contributed by atoms with Crippen LogP contribution in [-0.2, 0) is 0 Å². The largest absolute Gasteiger partial charge is 0.366 e. The van der Waals surface area contributed by atoms with Crippen molar-refractivity contribution in [2.24, 2.45) is 5.41 Å². The molecule has 0 aromatic carbocycles. The first-order valence-corrected chi connectivity index (χ1v) is 7.01. The minimum absolute atomic E-state index is 0.0865. The van der Waals surface area contributed by atoms with Gasteiger partial charge in [0.25, 0.3) is 5.92 Å². The lowest BCUT2D eigenvalue weighted by Crippen LogP contribution is -2.29. The van der Waals surface area contributed by atoms with Gasteiger partial charge in [0, 0.05) is 30.3 Å². The zero-order valence-corrected chi connectivity index (χ0v) is 11.0. The molecule has 0 amide bonds. The Kier molecular flexibility index (Phi) is 2.35. The molecule has 2 aromatic rings. The second-order valence-corrected chi connectivity index (χ2v) is 6.04. The van der Waals surface area contributed by atoms with Crippen molar-refractivity contribution >= 4 is 11.3 Å². The van der Waals surface area contributed by atoms with Crippen molar-refractivity contribution < 1.29 is 8.78 Å². The molecule has 1 spiro atoms. The molecule has 4 nitrogen and oxygen atoms in total. The molecule has 0 saturated heterocycles. The van der Waals surface area contributed by atoms with Crippen molar-refractivity contribution in [2.45, 2.75) is 44.1 Å². The van der Waals surface area contributed by atoms with Crippen LogP contribution in [0.3, 0.4) is 0 Å². The van der Waals surface area contributed by atoms with Crippen LogP contribution in [0.1, 0.15) is 32.1 Å². The number of imidazole rings is 1. The van der Waals surface area contributed by atoms with E-state index in [0.29, 0.717) is 12.8 Å². The first kappa shape index (κ1) is 12.1. The van der Waals surface area contributed by atoms with E-state index in [0.717, 1.165) is 24.2 Å². The van der Waals surface area contributed by atoms with Gasteiger partial charge in [0.05, 0.1) is 12.5 Å². The van der Waals surface area contributed by atoms with Gasteiger partial charge in [-0.05, 0) is 25.7 Å². The van der Waals surface area contributed by atoms with Crippen LogP contribution in [0, 0.1) is 5.41 Å². The Morgan fingerprint density at radius 3 is 2.75 bits per heavy atom. The molecule has 20 heavy (non-hydrogen) atoms. The highest BCUT2D eigenvalue weighted by atomic mass is 19.3. The number of aromatic nitrogens is 3. The maximum atomic E-state index is 13.3. The molecular formula is C14H16F2N4. The number of nitrogens with zero attached hydrogens (tertiary/aromatic N) is 3. The number of anilines is 1. The molecule has 2 aromatic heterocycles. The normalized spacial score (nSPS) is 31.6. The van der Waals surface area contributed by atoms with Gasteiger partial charge in [-0.15, -0.1) is 0 Å². The summed E-state index contributed by atoms with van der Waals surface area (Å²) in [5.41, 5.74) is 0.242. The average Bonchev–Trinajstić information content (AvgIpc) is 2.79. The molecular weight excluding hydrogens is 262 g/mol. The quantitative estimate of drug-likeness (QED) is 0.917. The van der Waals surface area contributed by atoms with Crippen LogP contribution in [0.5, 0.6) is 0 Å². The Labute approximate surface area is 115 Å². The van der Waals surface area contributed by atoms with Crippen molar-refractivity contribution in [1.82, 2.24) is 14.4 Å². The topological polar surface area (TPSA) is 42.2 Å². The molecule has 2 saturated carbocycles. The monoisotopic (exact) mass is 278 g/mol. The molecule has 0 unspecified atom stereocenters. The van der Waals surface area contributed by atoms with Crippen LogP contribution < -0.4 is 5.32 Å². The molecule has 106 valence electrons. The van der Waals surface area contributed by atoms with Crippen molar-refractivity contribution in [3.05, 3.63) is 24.9 Å². The van der Waals surface area contributed by atoms with Gasteiger partial charge in [-0.2, -0.15) is 0 Å². The first-order chi connectivity index (χ1) is 9.60. The fourth-order valence-electron chi connectivity index (χ4n) is 3.40. The highest BCUT2D eigenvalue weighted by Gasteiger charge is 2.70. The van der Waals surface area contributed by atoms with Gasteiger partial charge in [-0.1, -0.05) is 0 Å². The van der Waals surface area contributed by atoms with Crippen LogP contribution >= 0.6 is 0 Å². The van der Waals surface area contributed by atoms with Crippen LogP contribution in [0.4, 0.5) is 14.6 Å². The van der Waals surface area contributed by atoms with E-state index in [2.05, 4.69) is 15.3 Å². The van der Waals surface area contributed by atoms with Gasteiger partial charge in [-0.3, -0.25) is 0 Å². The van der Waals surface area contributed by atoms with Crippen LogP contribution in [0.25, 0.3) is 5.52 Å². The first-order valence-electron chi connectivity index (χ1n) is 7.01. The SMILES string of the molecule is FC1(F)CC12CCC(Nc1nccn3cncc13)CC2. The van der Waals surface area contributed by atoms with E-state index in [1.807, 2.05) is 10.6 Å². The average molecular weight is 278 g/mol. The number of hydrogen-bond donors (Lipinski definition) is 1. The van der Waals surface area contributed by atoms with E-state index in [1.165, 1.54) is 0 Å². The Bertz CT molecular complexity index is 643. The number of nitrogens with one attached hydrogen (secondary N) is 1. The summed E-state index contributed by atoms with van der Waals surface area (Å²) in [7, 11) is 0. The highest BCUT2D eigenvalue weighted by Crippen LogP contribution is 2.67. The third-order valence-corrected chi connectivity index (χ3v) is 4.83. The fourth-order valence-corrected chi connectivity index (χ4v) is 3.40. The van der Waals surface area contributed by atoms with Crippen LogP contribution in [0.2, 0.25) is 0 Å². The Balaban J connectivity index is 1.47. The number of alkyl halides is 2. The van der Waals surface area contributed by atoms with Gasteiger partial charge in [0.2, 0.25) is 0 Å². The summed E-state index contributed by atoms with van der Waals surface area (Å²) >= 11 is 0. The maximum absolute atomic E-state index is 13.3. The van der Waals surface area contributed by atoms with Gasteiger partial charge < -0.3 is 9.72 Å². The lowest BCUT2D eigenvalue weighted by Gasteiger charge is -2.29. The predicted molar refractivity (Wildman–Crippen MR) is 70.9 cm³/mol. The van der Waals surface area contributed by atoms with E-state index < -0.39 is 11.3 Å². The van der Waals surface area contributed by atoms with E-state index in [-0.39, 0.29) is 12.5 Å². The van der Waals surface area contributed by atoms with Gasteiger partial charge in [0.1, 0.15) is 5.52 Å². The van der Waals surface area contributed by atoms with Crippen molar-refractivity contribution in [3.63, 3.8) is 0 Å². The van der Waals surface area contributed by atoms with Crippen molar-refractivity contribution in [3.8, 4) is 0 Å². The molecule has 2 aliphatic rings. The summed E-state index contributed by atoms with van der Waals surface area (Å²) < 4.78 is 28.6. The minimum Gasteiger partial charge on any atom is -0.366 e. The lowest BCUT2D eigenvalue weighted by atomic mass is 9.83.